The second-order valence-corrected chi connectivity index (χ2v) is 6.84. The van der Waals surface area contributed by atoms with Gasteiger partial charge in [-0.1, -0.05) is 23.7 Å². The number of benzene rings is 1. The summed E-state index contributed by atoms with van der Waals surface area (Å²) in [6.45, 7) is 2.41. The molecule has 0 atom stereocenters. The Morgan fingerprint density at radius 1 is 1.15 bits per heavy atom. The minimum Gasteiger partial charge on any atom is -0.478 e. The molecular weight excluding hydrogens is 354 g/mol. The molecule has 1 saturated heterocycles. The van der Waals surface area contributed by atoms with Crippen molar-refractivity contribution in [1.82, 2.24) is 9.88 Å². The quantitative estimate of drug-likeness (QED) is 0.840. The fraction of sp³-hybridized carbons (Fsp3) is 0.316. The third-order valence-corrected chi connectivity index (χ3v) is 4.77. The summed E-state index contributed by atoms with van der Waals surface area (Å²) in [5, 5.41) is 12.3. The van der Waals surface area contributed by atoms with E-state index >= 15 is 0 Å². The van der Waals surface area contributed by atoms with Crippen LogP contribution in [0.15, 0.2) is 42.6 Å². The van der Waals surface area contributed by atoms with E-state index in [1.807, 2.05) is 12.1 Å². The Morgan fingerprint density at radius 3 is 2.42 bits per heavy atom. The predicted octanol–water partition coefficient (Wildman–Crippen LogP) is 3.28. The maximum Gasteiger partial charge on any atom is 0.335 e. The number of likely N-dealkylation sites (tertiary alicyclic amines) is 1. The van der Waals surface area contributed by atoms with Gasteiger partial charge in [-0.15, -0.1) is 0 Å². The number of carbonyl (C=O) groups excluding carboxylic acids is 1. The van der Waals surface area contributed by atoms with Crippen LogP contribution in [0.1, 0.15) is 28.8 Å². The lowest BCUT2D eigenvalue weighted by molar-refractivity contribution is -0.121. The maximum atomic E-state index is 12.4. The molecule has 0 spiro atoms. The highest BCUT2D eigenvalue weighted by Crippen LogP contribution is 2.21. The number of aromatic carboxylic acids is 1. The zero-order valence-electron chi connectivity index (χ0n) is 14.2. The van der Waals surface area contributed by atoms with Gasteiger partial charge in [-0.3, -0.25) is 9.69 Å². The fourth-order valence-electron chi connectivity index (χ4n) is 3.04. The average Bonchev–Trinajstić information content (AvgIpc) is 2.64. The van der Waals surface area contributed by atoms with E-state index in [-0.39, 0.29) is 11.8 Å². The van der Waals surface area contributed by atoms with Crippen LogP contribution in [0, 0.1) is 5.92 Å². The van der Waals surface area contributed by atoms with Gasteiger partial charge in [-0.2, -0.15) is 0 Å². The molecule has 3 rings (SSSR count). The van der Waals surface area contributed by atoms with Crippen molar-refractivity contribution in [1.29, 1.82) is 0 Å². The summed E-state index contributed by atoms with van der Waals surface area (Å²) >= 11 is 5.79. The summed E-state index contributed by atoms with van der Waals surface area (Å²) in [5.74, 6) is -0.442. The molecule has 1 aliphatic heterocycles. The van der Waals surface area contributed by atoms with Crippen molar-refractivity contribution in [2.45, 2.75) is 19.4 Å². The molecule has 0 unspecified atom stereocenters. The summed E-state index contributed by atoms with van der Waals surface area (Å²) in [6, 6.07) is 10.3. The molecule has 0 radical (unpaired) electrons. The first-order valence-electron chi connectivity index (χ1n) is 8.48. The Bertz CT molecular complexity index is 770. The zero-order chi connectivity index (χ0) is 18.5. The first-order chi connectivity index (χ1) is 12.5. The molecule has 136 valence electrons. The zero-order valence-corrected chi connectivity index (χ0v) is 14.9. The highest BCUT2D eigenvalue weighted by atomic mass is 35.5. The van der Waals surface area contributed by atoms with Crippen molar-refractivity contribution in [2.75, 3.05) is 18.4 Å². The first-order valence-corrected chi connectivity index (χ1v) is 8.86. The van der Waals surface area contributed by atoms with Crippen LogP contribution in [-0.2, 0) is 11.3 Å². The van der Waals surface area contributed by atoms with Crippen LogP contribution in [0.2, 0.25) is 5.02 Å². The topological polar surface area (TPSA) is 82.5 Å². The van der Waals surface area contributed by atoms with E-state index in [9.17, 15) is 9.59 Å². The highest BCUT2D eigenvalue weighted by molar-refractivity contribution is 6.30. The molecule has 2 aromatic rings. The normalized spacial score (nSPS) is 15.6. The lowest BCUT2D eigenvalue weighted by Crippen LogP contribution is -2.37. The molecule has 2 N–H and O–H groups in total. The van der Waals surface area contributed by atoms with Crippen molar-refractivity contribution < 1.29 is 14.7 Å². The number of anilines is 1. The molecule has 1 aromatic carbocycles. The van der Waals surface area contributed by atoms with Crippen molar-refractivity contribution in [3.05, 3.63) is 58.7 Å². The van der Waals surface area contributed by atoms with Gasteiger partial charge >= 0.3 is 5.97 Å². The number of carbonyl (C=O) groups is 2. The number of hydrogen-bond acceptors (Lipinski definition) is 4. The Labute approximate surface area is 156 Å². The number of rotatable bonds is 5. The van der Waals surface area contributed by atoms with Gasteiger partial charge in [0.2, 0.25) is 5.91 Å². The second-order valence-electron chi connectivity index (χ2n) is 6.40. The monoisotopic (exact) mass is 373 g/mol. The van der Waals surface area contributed by atoms with Crippen LogP contribution in [0.5, 0.6) is 0 Å². The Hall–Kier alpha value is -2.44. The minimum absolute atomic E-state index is 0.00900. The lowest BCUT2D eigenvalue weighted by atomic mass is 9.95. The van der Waals surface area contributed by atoms with Gasteiger partial charge in [0.05, 0.1) is 10.6 Å². The van der Waals surface area contributed by atoms with Gasteiger partial charge in [-0.05, 0) is 55.8 Å². The number of carboxylic acid groups (broad SMARTS) is 1. The van der Waals surface area contributed by atoms with Gasteiger partial charge in [-0.25, -0.2) is 9.78 Å². The number of piperidine rings is 1. The predicted molar refractivity (Wildman–Crippen MR) is 99.3 cm³/mol. The molecule has 1 amide bonds. The smallest absolute Gasteiger partial charge is 0.335 e. The van der Waals surface area contributed by atoms with Crippen LogP contribution in [0.25, 0.3) is 0 Å². The summed E-state index contributed by atoms with van der Waals surface area (Å²) in [4.78, 5) is 29.6. The molecule has 0 saturated carbocycles. The summed E-state index contributed by atoms with van der Waals surface area (Å²) in [5.41, 5.74) is 1.36. The van der Waals surface area contributed by atoms with E-state index in [0.717, 1.165) is 38.0 Å². The molecule has 6 nitrogen and oxygen atoms in total. The molecule has 0 aliphatic carbocycles. The Balaban J connectivity index is 1.48. The standard InChI is InChI=1S/C19H20ClN3O3/c20-16-5-6-17(21-11-16)22-18(24)14-7-9-23(10-8-14)12-13-1-3-15(4-2-13)19(25)26/h1-6,11,14H,7-10,12H2,(H,25,26)(H,21,22,24). The number of halogens is 1. The lowest BCUT2D eigenvalue weighted by Gasteiger charge is -2.31. The number of hydrogen-bond donors (Lipinski definition) is 2. The SMILES string of the molecule is O=C(O)c1ccc(CN2CCC(C(=O)Nc3ccc(Cl)cn3)CC2)cc1. The van der Waals surface area contributed by atoms with Gasteiger partial charge in [0.1, 0.15) is 5.82 Å². The number of aromatic nitrogens is 1. The van der Waals surface area contributed by atoms with Crippen LogP contribution in [0.3, 0.4) is 0 Å². The van der Waals surface area contributed by atoms with Crippen molar-refractivity contribution in [3.63, 3.8) is 0 Å². The largest absolute Gasteiger partial charge is 0.478 e. The van der Waals surface area contributed by atoms with E-state index in [2.05, 4.69) is 15.2 Å². The number of carboxylic acids is 1. The van der Waals surface area contributed by atoms with E-state index in [1.54, 1.807) is 24.3 Å². The highest BCUT2D eigenvalue weighted by Gasteiger charge is 2.25. The van der Waals surface area contributed by atoms with Crippen LogP contribution >= 0.6 is 11.6 Å². The fourth-order valence-corrected chi connectivity index (χ4v) is 3.15. The van der Waals surface area contributed by atoms with Gasteiger partial charge in [0.25, 0.3) is 0 Å². The van der Waals surface area contributed by atoms with Crippen molar-refractivity contribution >= 4 is 29.3 Å². The van der Waals surface area contributed by atoms with Gasteiger partial charge < -0.3 is 10.4 Å². The number of nitrogens with zero attached hydrogens (tertiary/aromatic N) is 2. The molecule has 0 bridgehead atoms. The van der Waals surface area contributed by atoms with Crippen LogP contribution < -0.4 is 5.32 Å². The molecule has 1 aliphatic rings. The van der Waals surface area contributed by atoms with Crippen molar-refractivity contribution in [3.8, 4) is 0 Å². The van der Waals surface area contributed by atoms with Gasteiger partial charge in [0, 0.05) is 18.7 Å². The number of amides is 1. The summed E-state index contributed by atoms with van der Waals surface area (Å²) in [6.07, 6.45) is 3.08. The average molecular weight is 374 g/mol. The molecule has 2 heterocycles. The Kier molecular flexibility index (Phi) is 5.85. The van der Waals surface area contributed by atoms with E-state index < -0.39 is 5.97 Å². The summed E-state index contributed by atoms with van der Waals surface area (Å²) < 4.78 is 0. The molecule has 1 fully saturated rings. The van der Waals surface area contributed by atoms with Crippen molar-refractivity contribution in [2.24, 2.45) is 5.92 Å². The minimum atomic E-state index is -0.918. The molecule has 26 heavy (non-hydrogen) atoms. The molecule has 7 heteroatoms. The third-order valence-electron chi connectivity index (χ3n) is 4.54. The molecular formula is C19H20ClN3O3. The molecule has 1 aromatic heterocycles. The number of nitrogens with one attached hydrogen (secondary N) is 1. The van der Waals surface area contributed by atoms with Crippen LogP contribution in [-0.4, -0.2) is 40.0 Å². The summed E-state index contributed by atoms with van der Waals surface area (Å²) in [7, 11) is 0. The Morgan fingerprint density at radius 2 is 1.85 bits per heavy atom. The first kappa shape index (κ1) is 18.4. The second kappa shape index (κ2) is 8.29. The maximum absolute atomic E-state index is 12.4. The van der Waals surface area contributed by atoms with E-state index in [1.165, 1.54) is 6.20 Å². The third kappa shape index (κ3) is 4.80. The van der Waals surface area contributed by atoms with E-state index in [0.29, 0.717) is 16.4 Å². The van der Waals surface area contributed by atoms with Gasteiger partial charge in [0.15, 0.2) is 0 Å². The van der Waals surface area contributed by atoms with Crippen LogP contribution in [0.4, 0.5) is 5.82 Å². The van der Waals surface area contributed by atoms with E-state index in [4.69, 9.17) is 16.7 Å². The number of pyridine rings is 1.